The lowest BCUT2D eigenvalue weighted by Gasteiger charge is -2.24. The van der Waals surface area contributed by atoms with Crippen LogP contribution in [-0.4, -0.2) is 17.6 Å². The molecule has 2 nitrogen and oxygen atoms in total. The summed E-state index contributed by atoms with van der Waals surface area (Å²) in [6.07, 6.45) is -0.436. The minimum absolute atomic E-state index is 0.0695. The van der Waals surface area contributed by atoms with Gasteiger partial charge in [-0.25, -0.2) is 4.39 Å². The fourth-order valence-corrected chi connectivity index (χ4v) is 3.14. The van der Waals surface area contributed by atoms with Gasteiger partial charge in [0.25, 0.3) is 0 Å². The first kappa shape index (κ1) is 13.2. The summed E-state index contributed by atoms with van der Waals surface area (Å²) in [6.45, 7) is 0. The quantitative estimate of drug-likeness (QED) is 0.865. The van der Waals surface area contributed by atoms with Crippen molar-refractivity contribution in [3.8, 4) is 5.75 Å². The van der Waals surface area contributed by atoms with Crippen LogP contribution in [0.5, 0.6) is 5.75 Å². The molecule has 102 valence electrons. The molecule has 1 heterocycles. The summed E-state index contributed by atoms with van der Waals surface area (Å²) in [7, 11) is 0. The van der Waals surface area contributed by atoms with Crippen molar-refractivity contribution in [2.75, 3.05) is 5.75 Å². The highest BCUT2D eigenvalue weighted by atomic mass is 32.2. The molecule has 0 N–H and O–H groups in total. The van der Waals surface area contributed by atoms with Gasteiger partial charge in [0.1, 0.15) is 11.6 Å². The second-order valence-corrected chi connectivity index (χ2v) is 5.66. The summed E-state index contributed by atoms with van der Waals surface area (Å²) in [5.74, 6) is 0.877. The van der Waals surface area contributed by atoms with Crippen LogP contribution >= 0.6 is 11.8 Å². The number of Topliss-reactive ketones (excluding diaryl/α,β-unsaturated/α-hetero) is 1. The Morgan fingerprint density at radius 3 is 2.80 bits per heavy atom. The molecule has 2 aromatic carbocycles. The molecule has 1 aliphatic rings. The predicted octanol–water partition coefficient (Wildman–Crippen LogP) is 3.49. The molecule has 0 aromatic heterocycles. The molecule has 0 spiro atoms. The Labute approximate surface area is 121 Å². The van der Waals surface area contributed by atoms with Gasteiger partial charge in [-0.3, -0.25) is 4.79 Å². The maximum Gasteiger partial charge on any atom is 0.178 e. The van der Waals surface area contributed by atoms with E-state index in [1.807, 2.05) is 24.3 Å². The van der Waals surface area contributed by atoms with E-state index < -0.39 is 6.10 Å². The molecule has 2 aromatic rings. The lowest BCUT2D eigenvalue weighted by molar-refractivity contribution is -0.124. The zero-order chi connectivity index (χ0) is 13.9. The minimum Gasteiger partial charge on any atom is -0.481 e. The smallest absolute Gasteiger partial charge is 0.178 e. The van der Waals surface area contributed by atoms with Crippen molar-refractivity contribution in [3.63, 3.8) is 0 Å². The third kappa shape index (κ3) is 2.70. The largest absolute Gasteiger partial charge is 0.481 e. The van der Waals surface area contributed by atoms with Gasteiger partial charge in [0, 0.05) is 17.1 Å². The summed E-state index contributed by atoms with van der Waals surface area (Å²) in [5.41, 5.74) is 0.421. The molecule has 0 saturated carbocycles. The summed E-state index contributed by atoms with van der Waals surface area (Å²) in [6, 6.07) is 14.0. The molecule has 0 amide bonds. The summed E-state index contributed by atoms with van der Waals surface area (Å²) < 4.78 is 19.3. The monoisotopic (exact) mass is 288 g/mol. The first-order valence-corrected chi connectivity index (χ1v) is 7.37. The standard InChI is InChI=1S/C16H13FO2S/c17-12-6-2-1-5-11(12)9-13(18)15-10-20-16-8-4-3-7-14(16)19-15/h1-8,15H,9-10H2. The van der Waals surface area contributed by atoms with Crippen LogP contribution in [0.15, 0.2) is 53.4 Å². The Hall–Kier alpha value is -1.81. The van der Waals surface area contributed by atoms with Gasteiger partial charge in [-0.15, -0.1) is 11.8 Å². The predicted molar refractivity (Wildman–Crippen MR) is 76.7 cm³/mol. The van der Waals surface area contributed by atoms with Crippen LogP contribution in [0.4, 0.5) is 4.39 Å². The van der Waals surface area contributed by atoms with Crippen LogP contribution in [0.1, 0.15) is 5.56 Å². The lowest BCUT2D eigenvalue weighted by Crippen LogP contribution is -2.33. The van der Waals surface area contributed by atoms with E-state index in [9.17, 15) is 9.18 Å². The van der Waals surface area contributed by atoms with Gasteiger partial charge < -0.3 is 4.74 Å². The van der Waals surface area contributed by atoms with E-state index in [-0.39, 0.29) is 18.0 Å². The molecule has 3 rings (SSSR count). The zero-order valence-electron chi connectivity index (χ0n) is 10.7. The van der Waals surface area contributed by atoms with Crippen LogP contribution < -0.4 is 4.74 Å². The molecule has 0 bridgehead atoms. The van der Waals surface area contributed by atoms with Gasteiger partial charge in [0.2, 0.25) is 0 Å². The molecule has 0 aliphatic carbocycles. The summed E-state index contributed by atoms with van der Waals surface area (Å²) in [5, 5.41) is 0. The first-order valence-electron chi connectivity index (χ1n) is 6.38. The van der Waals surface area contributed by atoms with E-state index in [1.165, 1.54) is 6.07 Å². The Morgan fingerprint density at radius 1 is 1.20 bits per heavy atom. The van der Waals surface area contributed by atoms with E-state index in [0.29, 0.717) is 11.3 Å². The van der Waals surface area contributed by atoms with E-state index in [2.05, 4.69) is 0 Å². The van der Waals surface area contributed by atoms with Gasteiger partial charge in [-0.2, -0.15) is 0 Å². The molecule has 0 fully saturated rings. The minimum atomic E-state index is -0.505. The second kappa shape index (κ2) is 5.67. The number of rotatable bonds is 3. The number of thioether (sulfide) groups is 1. The SMILES string of the molecule is O=C(Cc1ccccc1F)C1CSc2ccccc2O1. The number of fused-ring (bicyclic) bond motifs is 1. The number of hydrogen-bond acceptors (Lipinski definition) is 3. The zero-order valence-corrected chi connectivity index (χ0v) is 11.5. The third-order valence-corrected chi connectivity index (χ3v) is 4.31. The molecule has 0 saturated heterocycles. The van der Waals surface area contributed by atoms with E-state index >= 15 is 0 Å². The summed E-state index contributed by atoms with van der Waals surface area (Å²) in [4.78, 5) is 13.3. The van der Waals surface area contributed by atoms with Crippen LogP contribution in [0.3, 0.4) is 0 Å². The fraction of sp³-hybridized carbons (Fsp3) is 0.188. The van der Waals surface area contributed by atoms with E-state index in [1.54, 1.807) is 30.0 Å². The van der Waals surface area contributed by atoms with Gasteiger partial charge in [0.15, 0.2) is 11.9 Å². The highest BCUT2D eigenvalue weighted by Crippen LogP contribution is 2.35. The Balaban J connectivity index is 1.72. The normalized spacial score (nSPS) is 17.1. The molecule has 1 atom stereocenters. The Bertz CT molecular complexity index is 642. The number of para-hydroxylation sites is 1. The Morgan fingerprint density at radius 2 is 1.95 bits per heavy atom. The maximum absolute atomic E-state index is 13.6. The molecule has 1 aliphatic heterocycles. The highest BCUT2D eigenvalue weighted by molar-refractivity contribution is 7.99. The van der Waals surface area contributed by atoms with Crippen LogP contribution in [0.2, 0.25) is 0 Å². The van der Waals surface area contributed by atoms with Crippen LogP contribution in [0, 0.1) is 5.82 Å². The maximum atomic E-state index is 13.6. The van der Waals surface area contributed by atoms with Crippen LogP contribution in [0.25, 0.3) is 0 Å². The Kier molecular flexibility index (Phi) is 3.74. The number of benzene rings is 2. The average molecular weight is 288 g/mol. The average Bonchev–Trinajstić information content (AvgIpc) is 2.49. The summed E-state index contributed by atoms with van der Waals surface area (Å²) >= 11 is 1.60. The highest BCUT2D eigenvalue weighted by Gasteiger charge is 2.26. The second-order valence-electron chi connectivity index (χ2n) is 4.60. The number of ketones is 1. The molecule has 0 radical (unpaired) electrons. The fourth-order valence-electron chi connectivity index (χ4n) is 2.12. The molecular weight excluding hydrogens is 275 g/mol. The number of ether oxygens (including phenoxy) is 1. The third-order valence-electron chi connectivity index (χ3n) is 3.19. The van der Waals surface area contributed by atoms with Gasteiger partial charge >= 0.3 is 0 Å². The number of halogens is 1. The van der Waals surface area contributed by atoms with Crippen molar-refractivity contribution in [3.05, 3.63) is 59.9 Å². The van der Waals surface area contributed by atoms with E-state index in [4.69, 9.17) is 4.74 Å². The van der Waals surface area contributed by atoms with Gasteiger partial charge in [0.05, 0.1) is 0 Å². The molecule has 1 unspecified atom stereocenters. The topological polar surface area (TPSA) is 26.3 Å². The lowest BCUT2D eigenvalue weighted by atomic mass is 10.1. The number of carbonyl (C=O) groups is 1. The van der Waals surface area contributed by atoms with Crippen molar-refractivity contribution >= 4 is 17.5 Å². The van der Waals surface area contributed by atoms with Crippen molar-refractivity contribution in [2.45, 2.75) is 17.4 Å². The van der Waals surface area contributed by atoms with Gasteiger partial charge in [-0.05, 0) is 23.8 Å². The number of hydrogen-bond donors (Lipinski definition) is 0. The van der Waals surface area contributed by atoms with Crippen LogP contribution in [-0.2, 0) is 11.2 Å². The van der Waals surface area contributed by atoms with E-state index in [0.717, 1.165) is 10.6 Å². The van der Waals surface area contributed by atoms with Crippen molar-refractivity contribution in [1.82, 2.24) is 0 Å². The first-order chi connectivity index (χ1) is 9.74. The molecular formula is C16H13FO2S. The molecule has 20 heavy (non-hydrogen) atoms. The van der Waals surface area contributed by atoms with Gasteiger partial charge in [-0.1, -0.05) is 30.3 Å². The number of carbonyl (C=O) groups excluding carboxylic acids is 1. The van der Waals surface area contributed by atoms with Crippen molar-refractivity contribution < 1.29 is 13.9 Å². The van der Waals surface area contributed by atoms with Crippen molar-refractivity contribution in [2.24, 2.45) is 0 Å². The van der Waals surface area contributed by atoms with Crippen molar-refractivity contribution in [1.29, 1.82) is 0 Å². The molecule has 4 heteroatoms.